The fourth-order valence-corrected chi connectivity index (χ4v) is 1.49. The Morgan fingerprint density at radius 3 is 2.31 bits per heavy atom. The zero-order valence-corrected chi connectivity index (χ0v) is 11.6. The van der Waals surface area contributed by atoms with Gasteiger partial charge in [-0.25, -0.2) is 0 Å². The first-order valence-electron chi connectivity index (χ1n) is 5.91. The van der Waals surface area contributed by atoms with E-state index in [-0.39, 0.29) is 11.2 Å². The molecule has 1 unspecified atom stereocenters. The van der Waals surface area contributed by atoms with Crippen molar-refractivity contribution in [1.82, 2.24) is 0 Å². The quantitative estimate of drug-likeness (QED) is 0.460. The lowest BCUT2D eigenvalue weighted by Gasteiger charge is -2.03. The second-order valence-corrected chi connectivity index (χ2v) is 5.03. The summed E-state index contributed by atoms with van der Waals surface area (Å²) in [5.74, 6) is -0.0245. The van der Waals surface area contributed by atoms with E-state index in [2.05, 4.69) is 32.9 Å². The van der Waals surface area contributed by atoms with Crippen molar-refractivity contribution < 1.29 is 4.79 Å². The van der Waals surface area contributed by atoms with Gasteiger partial charge >= 0.3 is 0 Å². The van der Waals surface area contributed by atoms with Crippen molar-refractivity contribution in [1.29, 1.82) is 0 Å². The molecule has 0 aliphatic heterocycles. The Hall–Kier alpha value is -0.560. The lowest BCUT2D eigenvalue weighted by Crippen LogP contribution is -2.02. The third kappa shape index (κ3) is 8.72. The van der Waals surface area contributed by atoms with Crippen LogP contribution in [-0.2, 0) is 4.79 Å². The fraction of sp³-hybridized carbons (Fsp3) is 0.643. The Labute approximate surface area is 105 Å². The average Bonchev–Trinajstić information content (AvgIpc) is 2.16. The van der Waals surface area contributed by atoms with Crippen molar-refractivity contribution in [2.24, 2.45) is 5.92 Å². The molecule has 0 spiro atoms. The summed E-state index contributed by atoms with van der Waals surface area (Å²) in [5.41, 5.74) is 2.76. The van der Waals surface area contributed by atoms with Gasteiger partial charge in [0.2, 0.25) is 5.24 Å². The van der Waals surface area contributed by atoms with Gasteiger partial charge in [0, 0.05) is 5.92 Å². The van der Waals surface area contributed by atoms with Crippen molar-refractivity contribution in [3.63, 3.8) is 0 Å². The van der Waals surface area contributed by atoms with Crippen LogP contribution in [0.1, 0.15) is 53.4 Å². The number of allylic oxidation sites excluding steroid dienone is 4. The predicted molar refractivity (Wildman–Crippen MR) is 71.7 cm³/mol. The second-order valence-electron chi connectivity index (χ2n) is 4.65. The standard InChI is InChI=1S/C14H23ClO/c1-11(2)7-5-8-12(3)9-6-10-13(4)14(15)16/h7,9,13H,5-6,8,10H2,1-4H3/b12-9+. The first kappa shape index (κ1) is 15.4. The summed E-state index contributed by atoms with van der Waals surface area (Å²) in [6.45, 7) is 8.26. The van der Waals surface area contributed by atoms with Crippen molar-refractivity contribution in [2.45, 2.75) is 53.4 Å². The molecule has 0 aromatic rings. The number of halogens is 1. The smallest absolute Gasteiger partial charge is 0.224 e. The molecule has 0 saturated carbocycles. The molecule has 0 N–H and O–H groups in total. The molecule has 0 bridgehead atoms. The molecular weight excluding hydrogens is 220 g/mol. The van der Waals surface area contributed by atoms with Crippen LogP contribution in [0.25, 0.3) is 0 Å². The van der Waals surface area contributed by atoms with Gasteiger partial charge in [0.05, 0.1) is 0 Å². The van der Waals surface area contributed by atoms with Crippen LogP contribution in [0.3, 0.4) is 0 Å². The van der Waals surface area contributed by atoms with Gasteiger partial charge in [-0.3, -0.25) is 4.79 Å². The average molecular weight is 243 g/mol. The largest absolute Gasteiger partial charge is 0.281 e. The van der Waals surface area contributed by atoms with Gasteiger partial charge in [0.15, 0.2) is 0 Å². The molecule has 0 aromatic heterocycles. The third-order valence-electron chi connectivity index (χ3n) is 2.57. The summed E-state index contributed by atoms with van der Waals surface area (Å²) in [5, 5.41) is -0.226. The van der Waals surface area contributed by atoms with Crippen LogP contribution >= 0.6 is 11.6 Å². The number of carbonyl (C=O) groups excluding carboxylic acids is 1. The molecule has 0 saturated heterocycles. The van der Waals surface area contributed by atoms with E-state index in [0.29, 0.717) is 0 Å². The van der Waals surface area contributed by atoms with Crippen LogP contribution in [-0.4, -0.2) is 5.24 Å². The molecule has 0 radical (unpaired) electrons. The maximum Gasteiger partial charge on any atom is 0.224 e. The molecule has 0 aromatic carbocycles. The van der Waals surface area contributed by atoms with Gasteiger partial charge in [-0.1, -0.05) is 30.2 Å². The SMILES string of the molecule is CC(C)=CCC/C(C)=C/CCC(C)C(=O)Cl. The minimum absolute atomic E-state index is 0.0245. The fourth-order valence-electron chi connectivity index (χ4n) is 1.38. The molecule has 0 aliphatic rings. The van der Waals surface area contributed by atoms with E-state index in [1.54, 1.807) is 0 Å². The summed E-state index contributed by atoms with van der Waals surface area (Å²) in [6.07, 6.45) is 8.48. The van der Waals surface area contributed by atoms with E-state index in [9.17, 15) is 4.79 Å². The number of rotatable bonds is 7. The van der Waals surface area contributed by atoms with Crippen LogP contribution < -0.4 is 0 Å². The first-order valence-corrected chi connectivity index (χ1v) is 6.29. The molecule has 16 heavy (non-hydrogen) atoms. The van der Waals surface area contributed by atoms with Crippen molar-refractivity contribution in [2.75, 3.05) is 0 Å². The number of hydrogen-bond acceptors (Lipinski definition) is 1. The first-order chi connectivity index (χ1) is 7.43. The summed E-state index contributed by atoms with van der Waals surface area (Å²) < 4.78 is 0. The lowest BCUT2D eigenvalue weighted by atomic mass is 10.0. The van der Waals surface area contributed by atoms with Crippen molar-refractivity contribution in [3.8, 4) is 0 Å². The third-order valence-corrected chi connectivity index (χ3v) is 2.94. The zero-order chi connectivity index (χ0) is 12.6. The number of hydrogen-bond donors (Lipinski definition) is 0. The molecule has 92 valence electrons. The van der Waals surface area contributed by atoms with Crippen LogP contribution in [0, 0.1) is 5.92 Å². The van der Waals surface area contributed by atoms with Gasteiger partial charge in [0.25, 0.3) is 0 Å². The highest BCUT2D eigenvalue weighted by molar-refractivity contribution is 6.63. The zero-order valence-electron chi connectivity index (χ0n) is 10.8. The highest BCUT2D eigenvalue weighted by Gasteiger charge is 2.07. The minimum atomic E-state index is -0.226. The molecule has 0 rings (SSSR count). The van der Waals surface area contributed by atoms with Crippen LogP contribution in [0.5, 0.6) is 0 Å². The molecule has 0 amide bonds. The molecule has 0 fully saturated rings. The Balaban J connectivity index is 3.79. The Morgan fingerprint density at radius 2 is 1.81 bits per heavy atom. The predicted octanol–water partition coefficient (Wildman–Crippen LogP) is 4.86. The molecule has 2 heteroatoms. The van der Waals surface area contributed by atoms with Gasteiger partial charge in [-0.05, 0) is 58.1 Å². The van der Waals surface area contributed by atoms with Gasteiger partial charge in [-0.15, -0.1) is 0 Å². The van der Waals surface area contributed by atoms with E-state index in [4.69, 9.17) is 11.6 Å². The highest BCUT2D eigenvalue weighted by Crippen LogP contribution is 2.13. The van der Waals surface area contributed by atoms with Gasteiger partial charge in [-0.2, -0.15) is 0 Å². The van der Waals surface area contributed by atoms with Gasteiger partial charge in [0.1, 0.15) is 0 Å². The molecule has 0 aliphatic carbocycles. The number of carbonyl (C=O) groups is 1. The Kier molecular flexibility index (Phi) is 8.28. The van der Waals surface area contributed by atoms with Gasteiger partial charge < -0.3 is 0 Å². The molecule has 1 atom stereocenters. The van der Waals surface area contributed by atoms with E-state index in [1.165, 1.54) is 11.1 Å². The van der Waals surface area contributed by atoms with Crippen LogP contribution in [0.15, 0.2) is 23.3 Å². The molecule has 1 nitrogen and oxygen atoms in total. The summed E-state index contributed by atoms with van der Waals surface area (Å²) in [4.78, 5) is 10.8. The summed E-state index contributed by atoms with van der Waals surface area (Å²) in [7, 11) is 0. The highest BCUT2D eigenvalue weighted by atomic mass is 35.5. The molecular formula is C14H23ClO. The van der Waals surface area contributed by atoms with Crippen LogP contribution in [0.2, 0.25) is 0 Å². The summed E-state index contributed by atoms with van der Waals surface area (Å²) in [6, 6.07) is 0. The van der Waals surface area contributed by atoms with E-state index in [0.717, 1.165) is 25.7 Å². The maximum absolute atomic E-state index is 10.8. The Bertz CT molecular complexity index is 272. The van der Waals surface area contributed by atoms with Crippen LogP contribution in [0.4, 0.5) is 0 Å². The topological polar surface area (TPSA) is 17.1 Å². The van der Waals surface area contributed by atoms with E-state index in [1.807, 2.05) is 6.92 Å². The Morgan fingerprint density at radius 1 is 1.19 bits per heavy atom. The maximum atomic E-state index is 10.8. The lowest BCUT2D eigenvalue weighted by molar-refractivity contribution is -0.114. The second kappa shape index (κ2) is 8.58. The van der Waals surface area contributed by atoms with E-state index < -0.39 is 0 Å². The van der Waals surface area contributed by atoms with Crippen molar-refractivity contribution in [3.05, 3.63) is 23.3 Å². The van der Waals surface area contributed by atoms with E-state index >= 15 is 0 Å². The minimum Gasteiger partial charge on any atom is -0.281 e. The molecule has 0 heterocycles. The normalized spacial score (nSPS) is 13.4. The van der Waals surface area contributed by atoms with Crippen molar-refractivity contribution >= 4 is 16.8 Å². The summed E-state index contributed by atoms with van der Waals surface area (Å²) >= 11 is 5.39. The monoisotopic (exact) mass is 242 g/mol.